The molecule has 132 valence electrons. The molecule has 5 nitrogen and oxygen atoms in total. The minimum atomic E-state index is -0.724. The van der Waals surface area contributed by atoms with Gasteiger partial charge in [0.15, 0.2) is 0 Å². The summed E-state index contributed by atoms with van der Waals surface area (Å²) in [6.07, 6.45) is 5.77. The maximum Gasteiger partial charge on any atom is 0.306 e. The van der Waals surface area contributed by atoms with Crippen LogP contribution in [0.5, 0.6) is 0 Å². The number of rotatable bonds is 7. The smallest absolute Gasteiger partial charge is 0.306 e. The van der Waals surface area contributed by atoms with E-state index in [0.717, 1.165) is 19.3 Å². The summed E-state index contributed by atoms with van der Waals surface area (Å²) in [4.78, 5) is 23.6. The third-order valence-electron chi connectivity index (χ3n) is 6.23. The maximum atomic E-state index is 12.6. The summed E-state index contributed by atoms with van der Waals surface area (Å²) < 4.78 is 5.86. The van der Waals surface area contributed by atoms with Gasteiger partial charge in [-0.1, -0.05) is 13.8 Å². The molecule has 2 aliphatic carbocycles. The van der Waals surface area contributed by atoms with E-state index in [1.165, 1.54) is 0 Å². The molecule has 2 N–H and O–H groups in total. The van der Waals surface area contributed by atoms with Gasteiger partial charge in [0.1, 0.15) is 0 Å². The Kier molecular flexibility index (Phi) is 6.06. The molecule has 2 aliphatic rings. The van der Waals surface area contributed by atoms with E-state index >= 15 is 0 Å². The second kappa shape index (κ2) is 7.65. The highest BCUT2D eigenvalue weighted by Crippen LogP contribution is 2.49. The normalized spacial score (nSPS) is 32.8. The Hall–Kier alpha value is -1.10. The van der Waals surface area contributed by atoms with Gasteiger partial charge in [0, 0.05) is 24.0 Å². The minimum absolute atomic E-state index is 0.0249. The van der Waals surface area contributed by atoms with E-state index in [1.54, 1.807) is 0 Å². The fourth-order valence-electron chi connectivity index (χ4n) is 4.48. The molecule has 0 aliphatic heterocycles. The van der Waals surface area contributed by atoms with E-state index in [0.29, 0.717) is 32.3 Å². The Morgan fingerprint density at radius 1 is 1.09 bits per heavy atom. The lowest BCUT2D eigenvalue weighted by Crippen LogP contribution is -2.65. The summed E-state index contributed by atoms with van der Waals surface area (Å²) >= 11 is 0. The first-order valence-corrected chi connectivity index (χ1v) is 9.13. The maximum absolute atomic E-state index is 12.6. The van der Waals surface area contributed by atoms with Gasteiger partial charge in [-0.05, 0) is 51.9 Å². The molecule has 0 aromatic heterocycles. The van der Waals surface area contributed by atoms with Crippen LogP contribution in [0.2, 0.25) is 0 Å². The van der Waals surface area contributed by atoms with Crippen molar-refractivity contribution < 1.29 is 19.4 Å². The van der Waals surface area contributed by atoms with Crippen LogP contribution in [0.25, 0.3) is 0 Å². The Morgan fingerprint density at radius 2 is 1.65 bits per heavy atom. The predicted octanol–water partition coefficient (Wildman–Crippen LogP) is 2.98. The fraction of sp³-hybridized carbons (Fsp3) is 0.889. The Morgan fingerprint density at radius 3 is 2.13 bits per heavy atom. The number of nitrogens with one attached hydrogen (secondary N) is 1. The van der Waals surface area contributed by atoms with Crippen LogP contribution >= 0.6 is 0 Å². The molecule has 23 heavy (non-hydrogen) atoms. The van der Waals surface area contributed by atoms with Gasteiger partial charge < -0.3 is 15.2 Å². The number of hydrogen-bond donors (Lipinski definition) is 2. The lowest BCUT2D eigenvalue weighted by atomic mass is 9.58. The largest absolute Gasteiger partial charge is 0.481 e. The van der Waals surface area contributed by atoms with Crippen molar-refractivity contribution in [1.29, 1.82) is 0 Å². The Balaban J connectivity index is 1.89. The van der Waals surface area contributed by atoms with Crippen LogP contribution in [0.1, 0.15) is 65.7 Å². The van der Waals surface area contributed by atoms with Gasteiger partial charge in [-0.3, -0.25) is 9.59 Å². The minimum Gasteiger partial charge on any atom is -0.481 e. The van der Waals surface area contributed by atoms with Crippen molar-refractivity contribution in [2.75, 3.05) is 6.61 Å². The number of ether oxygens (including phenoxy) is 1. The highest BCUT2D eigenvalue weighted by Gasteiger charge is 2.54. The molecule has 5 heteroatoms. The molecule has 2 rings (SSSR count). The molecule has 0 aromatic rings. The number of carbonyl (C=O) groups excluding carboxylic acids is 1. The van der Waals surface area contributed by atoms with Gasteiger partial charge in [0.25, 0.3) is 0 Å². The van der Waals surface area contributed by atoms with Crippen LogP contribution < -0.4 is 5.32 Å². The van der Waals surface area contributed by atoms with Crippen molar-refractivity contribution in [1.82, 2.24) is 5.32 Å². The molecule has 0 spiro atoms. The zero-order valence-corrected chi connectivity index (χ0v) is 14.6. The standard InChI is InChI=1S/C18H31NO4/c1-4-18(5-2)14(11-15(18)23-6-3)19-16(20)12-7-9-13(10-8-12)17(21)22/h12-15H,4-11H2,1-3H3,(H,19,20)(H,21,22). The summed E-state index contributed by atoms with van der Waals surface area (Å²) in [5, 5.41) is 12.3. The van der Waals surface area contributed by atoms with Crippen LogP contribution in [-0.4, -0.2) is 35.7 Å². The van der Waals surface area contributed by atoms with Gasteiger partial charge in [0.2, 0.25) is 5.91 Å². The van der Waals surface area contributed by atoms with Crippen molar-refractivity contribution in [3.63, 3.8) is 0 Å². The van der Waals surface area contributed by atoms with Crippen LogP contribution in [0, 0.1) is 17.3 Å². The van der Waals surface area contributed by atoms with Crippen LogP contribution in [0.15, 0.2) is 0 Å². The van der Waals surface area contributed by atoms with Gasteiger partial charge in [-0.15, -0.1) is 0 Å². The average molecular weight is 325 g/mol. The third-order valence-corrected chi connectivity index (χ3v) is 6.23. The molecule has 0 heterocycles. The van der Waals surface area contributed by atoms with Gasteiger partial charge >= 0.3 is 5.97 Å². The van der Waals surface area contributed by atoms with Crippen molar-refractivity contribution in [2.45, 2.75) is 77.9 Å². The quantitative estimate of drug-likeness (QED) is 0.754. The molecular formula is C18H31NO4. The number of carbonyl (C=O) groups is 2. The van der Waals surface area contributed by atoms with Crippen LogP contribution in [0.3, 0.4) is 0 Å². The highest BCUT2D eigenvalue weighted by molar-refractivity contribution is 5.80. The summed E-state index contributed by atoms with van der Waals surface area (Å²) in [5.41, 5.74) is 0.0595. The molecule has 0 bridgehead atoms. The Bertz CT molecular complexity index is 425. The van der Waals surface area contributed by atoms with Crippen molar-refractivity contribution >= 4 is 11.9 Å². The number of hydrogen-bond acceptors (Lipinski definition) is 3. The van der Waals surface area contributed by atoms with Crippen molar-refractivity contribution in [3.8, 4) is 0 Å². The summed E-state index contributed by atoms with van der Waals surface area (Å²) in [5.74, 6) is -0.905. The van der Waals surface area contributed by atoms with Gasteiger partial charge in [-0.25, -0.2) is 0 Å². The summed E-state index contributed by atoms with van der Waals surface area (Å²) in [6, 6.07) is 0.193. The van der Waals surface area contributed by atoms with E-state index in [-0.39, 0.29) is 35.3 Å². The molecule has 2 unspecified atom stereocenters. The molecular weight excluding hydrogens is 294 g/mol. The molecule has 2 fully saturated rings. The lowest BCUT2D eigenvalue weighted by molar-refractivity contribution is -0.152. The second-order valence-electron chi connectivity index (χ2n) is 7.07. The lowest BCUT2D eigenvalue weighted by Gasteiger charge is -2.55. The van der Waals surface area contributed by atoms with Crippen LogP contribution in [-0.2, 0) is 14.3 Å². The zero-order chi connectivity index (χ0) is 17.0. The second-order valence-corrected chi connectivity index (χ2v) is 7.07. The predicted molar refractivity (Wildman–Crippen MR) is 88.1 cm³/mol. The van der Waals surface area contributed by atoms with E-state index in [9.17, 15) is 9.59 Å². The molecule has 2 saturated carbocycles. The molecule has 0 saturated heterocycles. The third kappa shape index (κ3) is 3.54. The van der Waals surface area contributed by atoms with Crippen LogP contribution in [0.4, 0.5) is 0 Å². The first-order valence-electron chi connectivity index (χ1n) is 9.13. The van der Waals surface area contributed by atoms with Crippen molar-refractivity contribution in [2.24, 2.45) is 17.3 Å². The monoisotopic (exact) mass is 325 g/mol. The van der Waals surface area contributed by atoms with E-state index in [4.69, 9.17) is 9.84 Å². The number of carboxylic acids is 1. The first kappa shape index (κ1) is 18.2. The fourth-order valence-corrected chi connectivity index (χ4v) is 4.48. The number of amides is 1. The molecule has 0 aromatic carbocycles. The van der Waals surface area contributed by atoms with Gasteiger partial charge in [-0.2, -0.15) is 0 Å². The molecule has 0 radical (unpaired) electrons. The van der Waals surface area contributed by atoms with Crippen molar-refractivity contribution in [3.05, 3.63) is 0 Å². The summed E-state index contributed by atoms with van der Waals surface area (Å²) in [7, 11) is 0. The summed E-state index contributed by atoms with van der Waals surface area (Å²) in [6.45, 7) is 7.08. The zero-order valence-electron chi connectivity index (χ0n) is 14.6. The van der Waals surface area contributed by atoms with E-state index in [1.807, 2.05) is 6.92 Å². The topological polar surface area (TPSA) is 75.6 Å². The van der Waals surface area contributed by atoms with E-state index < -0.39 is 5.97 Å². The average Bonchev–Trinajstić information content (AvgIpc) is 2.55. The molecule has 2 atom stereocenters. The number of aliphatic carboxylic acids is 1. The van der Waals surface area contributed by atoms with E-state index in [2.05, 4.69) is 19.2 Å². The molecule has 1 amide bonds. The van der Waals surface area contributed by atoms with Gasteiger partial charge in [0.05, 0.1) is 12.0 Å². The highest BCUT2D eigenvalue weighted by atomic mass is 16.5. The SMILES string of the molecule is CCOC1CC(NC(=O)C2CCC(C(=O)O)CC2)C1(CC)CC. The Labute approximate surface area is 139 Å². The number of carboxylic acid groups (broad SMARTS) is 1. The first-order chi connectivity index (χ1) is 11.0.